The molecule has 20 heavy (non-hydrogen) atoms. The Hall–Kier alpha value is -0.560. The third kappa shape index (κ3) is 3.75. The lowest BCUT2D eigenvalue weighted by atomic mass is 10.1. The topological polar surface area (TPSA) is 57.6 Å². The molecule has 0 amide bonds. The monoisotopic (exact) mass is 317 g/mol. The minimum Gasteiger partial charge on any atom is -0.392 e. The van der Waals surface area contributed by atoms with Crippen molar-refractivity contribution < 1.29 is 13.5 Å². The summed E-state index contributed by atoms with van der Waals surface area (Å²) < 4.78 is 26.7. The van der Waals surface area contributed by atoms with Crippen LogP contribution in [0.25, 0.3) is 0 Å². The Morgan fingerprint density at radius 3 is 2.55 bits per heavy atom. The molecule has 1 unspecified atom stereocenters. The molecule has 6 heteroatoms. The highest BCUT2D eigenvalue weighted by Gasteiger charge is 2.27. The standard InChI is InChI=1S/C14H23NO3S2/c1-5-13(10-19-4)15(3)20(17,18)14-7-6-11(2)12(8-14)9-16/h6-8,13,16H,5,9-10H2,1-4H3. The van der Waals surface area contributed by atoms with Gasteiger partial charge in [0.25, 0.3) is 0 Å². The highest BCUT2D eigenvalue weighted by atomic mass is 32.2. The third-order valence-electron chi connectivity index (χ3n) is 3.51. The van der Waals surface area contributed by atoms with Gasteiger partial charge >= 0.3 is 0 Å². The van der Waals surface area contributed by atoms with E-state index in [1.807, 2.05) is 20.1 Å². The summed E-state index contributed by atoms with van der Waals surface area (Å²) in [6.07, 6.45) is 2.74. The van der Waals surface area contributed by atoms with E-state index in [0.717, 1.165) is 17.7 Å². The number of thioether (sulfide) groups is 1. The summed E-state index contributed by atoms with van der Waals surface area (Å²) in [6, 6.07) is 4.88. The van der Waals surface area contributed by atoms with Gasteiger partial charge in [0.05, 0.1) is 11.5 Å². The van der Waals surface area contributed by atoms with Gasteiger partial charge in [0, 0.05) is 18.8 Å². The molecule has 114 valence electrons. The second-order valence-corrected chi connectivity index (χ2v) is 7.69. The summed E-state index contributed by atoms with van der Waals surface area (Å²) in [5.41, 5.74) is 1.54. The maximum Gasteiger partial charge on any atom is 0.243 e. The minimum atomic E-state index is -3.51. The summed E-state index contributed by atoms with van der Waals surface area (Å²) in [4.78, 5) is 0.245. The van der Waals surface area contributed by atoms with Gasteiger partial charge in [-0.05, 0) is 42.9 Å². The van der Waals surface area contributed by atoms with E-state index >= 15 is 0 Å². The van der Waals surface area contributed by atoms with Crippen LogP contribution in [-0.4, -0.2) is 42.9 Å². The van der Waals surface area contributed by atoms with E-state index in [4.69, 9.17) is 0 Å². The molecule has 0 aliphatic rings. The molecule has 1 N–H and O–H groups in total. The van der Waals surface area contributed by atoms with Crippen LogP contribution in [0.5, 0.6) is 0 Å². The van der Waals surface area contributed by atoms with Crippen LogP contribution in [0.2, 0.25) is 0 Å². The van der Waals surface area contributed by atoms with Crippen molar-refractivity contribution in [3.63, 3.8) is 0 Å². The number of hydrogen-bond donors (Lipinski definition) is 1. The highest BCUT2D eigenvalue weighted by molar-refractivity contribution is 7.98. The first-order valence-electron chi connectivity index (χ1n) is 6.55. The van der Waals surface area contributed by atoms with Crippen LogP contribution < -0.4 is 0 Å². The van der Waals surface area contributed by atoms with Crippen LogP contribution in [-0.2, 0) is 16.6 Å². The Bertz CT molecular complexity index is 543. The molecule has 0 spiro atoms. The quantitative estimate of drug-likeness (QED) is 0.838. The van der Waals surface area contributed by atoms with Crippen molar-refractivity contribution in [2.75, 3.05) is 19.1 Å². The molecule has 4 nitrogen and oxygen atoms in total. The Balaban J connectivity index is 3.15. The van der Waals surface area contributed by atoms with E-state index in [1.54, 1.807) is 37.0 Å². The second kappa shape index (κ2) is 7.45. The number of sulfonamides is 1. The first kappa shape index (κ1) is 17.5. The molecule has 0 heterocycles. The smallest absolute Gasteiger partial charge is 0.243 e. The molecule has 0 aromatic heterocycles. The fourth-order valence-electron chi connectivity index (χ4n) is 2.01. The molecule has 1 rings (SSSR count). The molecular weight excluding hydrogens is 294 g/mol. The minimum absolute atomic E-state index is 0.0196. The van der Waals surface area contributed by atoms with E-state index < -0.39 is 10.0 Å². The average molecular weight is 317 g/mol. The number of hydrogen-bond acceptors (Lipinski definition) is 4. The van der Waals surface area contributed by atoms with Gasteiger partial charge in [0.1, 0.15) is 0 Å². The summed E-state index contributed by atoms with van der Waals surface area (Å²) in [5, 5.41) is 9.28. The fraction of sp³-hybridized carbons (Fsp3) is 0.571. The number of nitrogens with zero attached hydrogens (tertiary/aromatic N) is 1. The van der Waals surface area contributed by atoms with Gasteiger partial charge in [0.15, 0.2) is 0 Å². The van der Waals surface area contributed by atoms with Crippen molar-refractivity contribution >= 4 is 21.8 Å². The summed E-state index contributed by atoms with van der Waals surface area (Å²) in [7, 11) is -1.89. The summed E-state index contributed by atoms with van der Waals surface area (Å²) in [5.74, 6) is 0.769. The van der Waals surface area contributed by atoms with Crippen LogP contribution in [0.3, 0.4) is 0 Å². The van der Waals surface area contributed by atoms with E-state index in [9.17, 15) is 13.5 Å². The zero-order chi connectivity index (χ0) is 15.3. The van der Waals surface area contributed by atoms with E-state index in [-0.39, 0.29) is 17.5 Å². The molecule has 0 aliphatic heterocycles. The van der Waals surface area contributed by atoms with Gasteiger partial charge in [-0.2, -0.15) is 16.1 Å². The van der Waals surface area contributed by atoms with Gasteiger partial charge in [-0.15, -0.1) is 0 Å². The number of aliphatic hydroxyl groups excluding tert-OH is 1. The zero-order valence-corrected chi connectivity index (χ0v) is 14.1. The van der Waals surface area contributed by atoms with Crippen molar-refractivity contribution in [1.82, 2.24) is 4.31 Å². The van der Waals surface area contributed by atoms with Crippen molar-refractivity contribution in [2.45, 2.75) is 37.8 Å². The Morgan fingerprint density at radius 1 is 1.40 bits per heavy atom. The molecule has 0 fully saturated rings. The van der Waals surface area contributed by atoms with Gasteiger partial charge in [-0.25, -0.2) is 8.42 Å². The predicted octanol–water partition coefficient (Wildman–Crippen LogP) is 2.25. The van der Waals surface area contributed by atoms with Gasteiger partial charge in [0.2, 0.25) is 10.0 Å². The molecule has 0 radical (unpaired) electrons. The van der Waals surface area contributed by atoms with E-state index in [1.165, 1.54) is 4.31 Å². The third-order valence-corrected chi connectivity index (χ3v) is 6.14. The van der Waals surface area contributed by atoms with Crippen molar-refractivity contribution in [3.8, 4) is 0 Å². The SMILES string of the molecule is CCC(CSC)N(C)S(=O)(=O)c1ccc(C)c(CO)c1. The normalized spacial score (nSPS) is 13.7. The number of benzene rings is 1. The molecule has 0 saturated heterocycles. The first-order chi connectivity index (χ1) is 9.38. The lowest BCUT2D eigenvalue weighted by Crippen LogP contribution is -2.38. The van der Waals surface area contributed by atoms with Gasteiger partial charge in [-0.3, -0.25) is 0 Å². The molecule has 1 aromatic rings. The lowest BCUT2D eigenvalue weighted by molar-refractivity contribution is 0.280. The summed E-state index contributed by atoms with van der Waals surface area (Å²) in [6.45, 7) is 3.69. The largest absolute Gasteiger partial charge is 0.392 e. The molecule has 0 bridgehead atoms. The van der Waals surface area contributed by atoms with E-state index in [0.29, 0.717) is 5.56 Å². The van der Waals surface area contributed by atoms with Crippen molar-refractivity contribution in [2.24, 2.45) is 0 Å². The van der Waals surface area contributed by atoms with Gasteiger partial charge < -0.3 is 5.11 Å². The molecule has 0 saturated carbocycles. The van der Waals surface area contributed by atoms with Crippen molar-refractivity contribution in [1.29, 1.82) is 0 Å². The maximum atomic E-state index is 12.6. The predicted molar refractivity (Wildman–Crippen MR) is 84.5 cm³/mol. The van der Waals surface area contributed by atoms with Crippen LogP contribution in [0.1, 0.15) is 24.5 Å². The second-order valence-electron chi connectivity index (χ2n) is 4.79. The Morgan fingerprint density at radius 2 is 2.05 bits per heavy atom. The van der Waals surface area contributed by atoms with Crippen molar-refractivity contribution in [3.05, 3.63) is 29.3 Å². The van der Waals surface area contributed by atoms with Crippen LogP contribution in [0.15, 0.2) is 23.1 Å². The van der Waals surface area contributed by atoms with Crippen LogP contribution >= 0.6 is 11.8 Å². The Kier molecular flexibility index (Phi) is 6.51. The fourth-order valence-corrected chi connectivity index (χ4v) is 4.43. The van der Waals surface area contributed by atoms with Gasteiger partial charge in [-0.1, -0.05) is 13.0 Å². The molecule has 0 aliphatic carbocycles. The van der Waals surface area contributed by atoms with E-state index in [2.05, 4.69) is 0 Å². The number of aliphatic hydroxyl groups is 1. The van der Waals surface area contributed by atoms with Crippen LogP contribution in [0, 0.1) is 6.92 Å². The molecule has 1 atom stereocenters. The van der Waals surface area contributed by atoms with Crippen LogP contribution in [0.4, 0.5) is 0 Å². The summed E-state index contributed by atoms with van der Waals surface area (Å²) >= 11 is 1.64. The lowest BCUT2D eigenvalue weighted by Gasteiger charge is -2.26. The zero-order valence-electron chi connectivity index (χ0n) is 12.5. The maximum absolute atomic E-state index is 12.6. The number of rotatable bonds is 7. The Labute approximate surface area is 126 Å². The average Bonchev–Trinajstić information content (AvgIpc) is 2.44. The first-order valence-corrected chi connectivity index (χ1v) is 9.39. The molecule has 1 aromatic carbocycles. The highest BCUT2D eigenvalue weighted by Crippen LogP contribution is 2.22. The molecular formula is C14H23NO3S2. The number of aryl methyl sites for hydroxylation is 1.